The van der Waals surface area contributed by atoms with Crippen LogP contribution >= 0.6 is 0 Å². The average Bonchev–Trinajstić information content (AvgIpc) is 3.22. The van der Waals surface area contributed by atoms with E-state index in [0.717, 1.165) is 11.8 Å². The van der Waals surface area contributed by atoms with Gasteiger partial charge in [0.05, 0.1) is 17.3 Å². The Kier molecular flexibility index (Phi) is 6.94. The SMILES string of the molecule is Cn1nc(-c2cc(C(F)(F)F)c(F)c(O)c2F)c2cnc(N3CCN(S(C)(=O)=O)C[C@H]3Cc3ccccc3)cc21. The van der Waals surface area contributed by atoms with Crippen LogP contribution < -0.4 is 4.90 Å². The maximum absolute atomic E-state index is 14.8. The molecule has 0 saturated carbocycles. The summed E-state index contributed by atoms with van der Waals surface area (Å²) in [5.74, 6) is -4.96. The Morgan fingerprint density at radius 1 is 1.07 bits per heavy atom. The molecule has 0 bridgehead atoms. The maximum atomic E-state index is 14.8. The van der Waals surface area contributed by atoms with Crippen LogP contribution in [-0.2, 0) is 29.7 Å². The molecule has 1 N–H and O–H groups in total. The van der Waals surface area contributed by atoms with Crippen LogP contribution in [0.2, 0.25) is 0 Å². The highest BCUT2D eigenvalue weighted by Gasteiger charge is 2.38. The molecule has 1 saturated heterocycles. The minimum Gasteiger partial charge on any atom is -0.503 e. The molecule has 1 aliphatic heterocycles. The van der Waals surface area contributed by atoms with Gasteiger partial charge in [0.15, 0.2) is 17.4 Å². The normalized spacial score (nSPS) is 17.1. The number of hydrogen-bond acceptors (Lipinski definition) is 6. The first-order chi connectivity index (χ1) is 18.8. The van der Waals surface area contributed by atoms with Gasteiger partial charge in [-0.2, -0.15) is 22.6 Å². The van der Waals surface area contributed by atoms with Gasteiger partial charge in [-0.15, -0.1) is 0 Å². The number of hydrogen-bond donors (Lipinski definition) is 1. The van der Waals surface area contributed by atoms with E-state index in [4.69, 9.17) is 0 Å². The number of aryl methyl sites for hydroxylation is 1. The number of benzene rings is 2. The molecule has 5 rings (SSSR count). The van der Waals surface area contributed by atoms with Crippen molar-refractivity contribution in [3.63, 3.8) is 0 Å². The first-order valence-corrected chi connectivity index (χ1v) is 14.0. The second-order valence-corrected chi connectivity index (χ2v) is 11.6. The molecule has 2 aromatic carbocycles. The number of fused-ring (bicyclic) bond motifs is 1. The van der Waals surface area contributed by atoms with Crippen LogP contribution in [0.25, 0.3) is 22.2 Å². The van der Waals surface area contributed by atoms with Crippen molar-refractivity contribution in [2.75, 3.05) is 30.8 Å². The number of anilines is 1. The van der Waals surface area contributed by atoms with Gasteiger partial charge < -0.3 is 10.0 Å². The molecule has 3 heterocycles. The van der Waals surface area contributed by atoms with Crippen molar-refractivity contribution >= 4 is 26.7 Å². The summed E-state index contributed by atoms with van der Waals surface area (Å²) >= 11 is 0. The fourth-order valence-electron chi connectivity index (χ4n) is 4.99. The third-order valence-corrected chi connectivity index (χ3v) is 8.25. The fourth-order valence-corrected chi connectivity index (χ4v) is 5.85. The number of aromatic hydroxyl groups is 1. The number of halogens is 5. The summed E-state index contributed by atoms with van der Waals surface area (Å²) in [5, 5.41) is 14.1. The summed E-state index contributed by atoms with van der Waals surface area (Å²) in [6.07, 6.45) is -2.19. The minimum absolute atomic E-state index is 0.179. The lowest BCUT2D eigenvalue weighted by Crippen LogP contribution is -2.55. The van der Waals surface area contributed by atoms with Crippen molar-refractivity contribution in [3.05, 3.63) is 71.4 Å². The van der Waals surface area contributed by atoms with Crippen molar-refractivity contribution in [1.82, 2.24) is 19.1 Å². The Morgan fingerprint density at radius 2 is 1.77 bits per heavy atom. The van der Waals surface area contributed by atoms with E-state index in [9.17, 15) is 35.5 Å². The number of pyridine rings is 1. The first-order valence-electron chi connectivity index (χ1n) is 12.1. The largest absolute Gasteiger partial charge is 0.503 e. The summed E-state index contributed by atoms with van der Waals surface area (Å²) in [7, 11) is -1.94. The molecular weight excluding hydrogens is 557 g/mol. The van der Waals surface area contributed by atoms with Crippen LogP contribution in [0.3, 0.4) is 0 Å². The molecule has 1 fully saturated rings. The van der Waals surface area contributed by atoms with Gasteiger partial charge in [0.25, 0.3) is 0 Å². The Hall–Kier alpha value is -3.78. The standard InChI is InChI=1S/C26H24F5N5O3S/c1-34-20-12-21(36-9-8-35(40(2,38)39)14-16(36)10-15-6-4-3-5-7-15)32-13-18(20)24(33-34)17-11-19(26(29,30)31)23(28)25(37)22(17)27/h3-7,11-13,16,37H,8-10,14H2,1-2H3/t16-/m1/s1. The van der Waals surface area contributed by atoms with E-state index in [-0.39, 0.29) is 36.3 Å². The second kappa shape index (κ2) is 10.0. The molecule has 0 amide bonds. The fraction of sp³-hybridized carbons (Fsp3) is 0.308. The second-order valence-electron chi connectivity index (χ2n) is 9.64. The zero-order valence-electron chi connectivity index (χ0n) is 21.3. The van der Waals surface area contributed by atoms with Crippen LogP contribution in [0, 0.1) is 11.6 Å². The minimum atomic E-state index is -5.18. The first kappa shape index (κ1) is 27.8. The molecule has 2 aromatic heterocycles. The summed E-state index contributed by atoms with van der Waals surface area (Å²) < 4.78 is 96.3. The molecule has 0 radical (unpaired) electrons. The van der Waals surface area contributed by atoms with E-state index in [1.807, 2.05) is 35.2 Å². The monoisotopic (exact) mass is 581 g/mol. The smallest absolute Gasteiger partial charge is 0.419 e. The van der Waals surface area contributed by atoms with E-state index < -0.39 is 44.7 Å². The van der Waals surface area contributed by atoms with Crippen molar-refractivity contribution in [2.45, 2.75) is 18.6 Å². The van der Waals surface area contributed by atoms with Gasteiger partial charge in [-0.3, -0.25) is 4.68 Å². The van der Waals surface area contributed by atoms with E-state index in [1.165, 1.54) is 22.2 Å². The molecule has 8 nitrogen and oxygen atoms in total. The molecule has 40 heavy (non-hydrogen) atoms. The number of rotatable bonds is 5. The van der Waals surface area contributed by atoms with Crippen LogP contribution in [-0.4, -0.2) is 64.5 Å². The number of alkyl halides is 3. The van der Waals surface area contributed by atoms with Crippen LogP contribution in [0.1, 0.15) is 11.1 Å². The highest BCUT2D eigenvalue weighted by atomic mass is 32.2. The van der Waals surface area contributed by atoms with Crippen LogP contribution in [0.15, 0.2) is 48.7 Å². The lowest BCUT2D eigenvalue weighted by atomic mass is 10.0. The van der Waals surface area contributed by atoms with Gasteiger partial charge in [-0.25, -0.2) is 22.2 Å². The van der Waals surface area contributed by atoms with Gasteiger partial charge in [0, 0.05) is 55.9 Å². The summed E-state index contributed by atoms with van der Waals surface area (Å²) in [5.41, 5.74) is -1.42. The quantitative estimate of drug-likeness (QED) is 0.353. The Labute approximate surface area is 226 Å². The predicted molar refractivity (Wildman–Crippen MR) is 138 cm³/mol. The molecular formula is C26H24F5N5O3S. The van der Waals surface area contributed by atoms with Crippen molar-refractivity contribution in [1.29, 1.82) is 0 Å². The number of aromatic nitrogens is 3. The van der Waals surface area contributed by atoms with Crippen molar-refractivity contribution in [2.24, 2.45) is 7.05 Å². The van der Waals surface area contributed by atoms with Crippen LogP contribution in [0.5, 0.6) is 5.75 Å². The van der Waals surface area contributed by atoms with E-state index in [1.54, 1.807) is 6.07 Å². The summed E-state index contributed by atoms with van der Waals surface area (Å²) in [4.78, 5) is 6.42. The lowest BCUT2D eigenvalue weighted by molar-refractivity contribution is -0.140. The van der Waals surface area contributed by atoms with Crippen molar-refractivity contribution in [3.8, 4) is 17.0 Å². The van der Waals surface area contributed by atoms with E-state index in [0.29, 0.717) is 24.3 Å². The number of piperazine rings is 1. The summed E-state index contributed by atoms with van der Waals surface area (Å²) in [6.45, 7) is 0.758. The molecule has 212 valence electrons. The number of phenolic OH excluding ortho intramolecular Hbond substituents is 1. The average molecular weight is 582 g/mol. The highest BCUT2D eigenvalue weighted by molar-refractivity contribution is 7.88. The number of sulfonamides is 1. The van der Waals surface area contributed by atoms with E-state index in [2.05, 4.69) is 10.1 Å². The molecule has 0 unspecified atom stereocenters. The van der Waals surface area contributed by atoms with Gasteiger partial charge in [-0.1, -0.05) is 30.3 Å². The van der Waals surface area contributed by atoms with Crippen molar-refractivity contribution < 1.29 is 35.5 Å². The Morgan fingerprint density at radius 3 is 2.42 bits per heavy atom. The van der Waals surface area contributed by atoms with Gasteiger partial charge in [-0.05, 0) is 18.1 Å². The van der Waals surface area contributed by atoms with Gasteiger partial charge in [0.1, 0.15) is 11.5 Å². The van der Waals surface area contributed by atoms with Gasteiger partial charge in [0.2, 0.25) is 10.0 Å². The molecule has 0 spiro atoms. The molecule has 0 aliphatic carbocycles. The Bertz CT molecular complexity index is 1690. The zero-order valence-corrected chi connectivity index (χ0v) is 22.1. The predicted octanol–water partition coefficient (Wildman–Crippen LogP) is 4.33. The third-order valence-electron chi connectivity index (χ3n) is 6.98. The number of phenols is 1. The lowest BCUT2D eigenvalue weighted by Gasteiger charge is -2.41. The number of nitrogens with zero attached hydrogens (tertiary/aromatic N) is 5. The molecule has 1 atom stereocenters. The highest BCUT2D eigenvalue weighted by Crippen LogP contribution is 2.41. The molecule has 4 aromatic rings. The molecule has 1 aliphatic rings. The maximum Gasteiger partial charge on any atom is 0.419 e. The van der Waals surface area contributed by atoms with E-state index >= 15 is 0 Å². The topological polar surface area (TPSA) is 91.6 Å². The zero-order chi connectivity index (χ0) is 29.0. The summed E-state index contributed by atoms with van der Waals surface area (Å²) in [6, 6.07) is 11.1. The third kappa shape index (κ3) is 5.08. The Balaban J connectivity index is 1.57. The van der Waals surface area contributed by atoms with Crippen LogP contribution in [0.4, 0.5) is 27.8 Å². The molecule has 14 heteroatoms. The van der Waals surface area contributed by atoms with Gasteiger partial charge >= 0.3 is 6.18 Å².